The molecule has 3 aromatic heterocycles. The highest BCUT2D eigenvalue weighted by Crippen LogP contribution is 2.27. The molecule has 0 unspecified atom stereocenters. The van der Waals surface area contributed by atoms with Crippen LogP contribution in [0.4, 0.5) is 0 Å². The van der Waals surface area contributed by atoms with Gasteiger partial charge in [-0.3, -0.25) is 19.6 Å². The number of nitrogens with one attached hydrogen (secondary N) is 1. The molecule has 0 bridgehead atoms. The summed E-state index contributed by atoms with van der Waals surface area (Å²) in [6.45, 7) is 4.29. The van der Waals surface area contributed by atoms with Crippen LogP contribution in [0, 0.1) is 0 Å². The minimum Gasteiger partial charge on any atom is -0.308 e. The fourth-order valence-electron chi connectivity index (χ4n) is 4.49. The number of Topliss-reactive ketones (excluding diaryl/α,β-unsaturated/α-hetero) is 1. The van der Waals surface area contributed by atoms with Gasteiger partial charge in [0.25, 0.3) is 5.56 Å². The van der Waals surface area contributed by atoms with Gasteiger partial charge in [0.05, 0.1) is 34.6 Å². The molecule has 5 heterocycles. The molecule has 1 N–H and O–H groups in total. The van der Waals surface area contributed by atoms with E-state index in [1.807, 2.05) is 16.7 Å². The smallest absolute Gasteiger partial charge is 0.251 e. The zero-order chi connectivity index (χ0) is 21.9. The Labute approximate surface area is 191 Å². The monoisotopic (exact) mass is 449 g/mol. The number of ketones is 1. The van der Waals surface area contributed by atoms with Crippen LogP contribution in [0.25, 0.3) is 11.0 Å². The number of carbonyl (C=O) groups is 1. The van der Waals surface area contributed by atoms with Gasteiger partial charge in [-0.05, 0) is 56.3 Å². The second-order valence-electron chi connectivity index (χ2n) is 8.48. The molecule has 7 nitrogen and oxygen atoms in total. The van der Waals surface area contributed by atoms with Gasteiger partial charge in [0.15, 0.2) is 0 Å². The van der Waals surface area contributed by atoms with Crippen LogP contribution >= 0.6 is 11.8 Å². The highest BCUT2D eigenvalue weighted by molar-refractivity contribution is 8.00. The Morgan fingerprint density at radius 1 is 1.06 bits per heavy atom. The van der Waals surface area contributed by atoms with Crippen molar-refractivity contribution in [2.24, 2.45) is 0 Å². The zero-order valence-electron chi connectivity index (χ0n) is 18.0. The minimum atomic E-state index is 0.0275. The molecular formula is C24H27N5O2S. The fourth-order valence-corrected chi connectivity index (χ4v) is 5.36. The minimum absolute atomic E-state index is 0.0275. The molecule has 0 saturated carbocycles. The molecule has 0 amide bonds. The van der Waals surface area contributed by atoms with Gasteiger partial charge in [-0.1, -0.05) is 0 Å². The normalized spacial score (nSPS) is 17.6. The van der Waals surface area contributed by atoms with Gasteiger partial charge in [0.1, 0.15) is 5.78 Å². The van der Waals surface area contributed by atoms with Gasteiger partial charge in [-0.25, -0.2) is 0 Å². The molecule has 0 radical (unpaired) electrons. The summed E-state index contributed by atoms with van der Waals surface area (Å²) < 4.78 is 1.83. The number of carbonyl (C=O) groups excluding carboxylic acids is 1. The van der Waals surface area contributed by atoms with Gasteiger partial charge in [-0.15, -0.1) is 11.8 Å². The zero-order valence-corrected chi connectivity index (χ0v) is 18.8. The van der Waals surface area contributed by atoms with Crippen molar-refractivity contribution in [1.29, 1.82) is 0 Å². The first kappa shape index (κ1) is 21.3. The van der Waals surface area contributed by atoms with Crippen molar-refractivity contribution in [2.45, 2.75) is 43.3 Å². The van der Waals surface area contributed by atoms with Crippen molar-refractivity contribution in [3.63, 3.8) is 0 Å². The lowest BCUT2D eigenvalue weighted by Crippen LogP contribution is -2.43. The first-order chi connectivity index (χ1) is 15.7. The van der Waals surface area contributed by atoms with Crippen molar-refractivity contribution in [3.8, 4) is 0 Å². The predicted molar refractivity (Wildman–Crippen MR) is 126 cm³/mol. The summed E-state index contributed by atoms with van der Waals surface area (Å²) in [5, 5.41) is 3.64. The SMILES string of the molecule is O=C1CSc2ccc(CNC3CCN(CCn4c(=O)ccc5ncccc54)CC3)nc2C1. The summed E-state index contributed by atoms with van der Waals surface area (Å²) >= 11 is 1.59. The summed E-state index contributed by atoms with van der Waals surface area (Å²) in [6.07, 6.45) is 4.37. The Morgan fingerprint density at radius 2 is 1.94 bits per heavy atom. The number of likely N-dealkylation sites (tertiary alicyclic amines) is 1. The van der Waals surface area contributed by atoms with Gasteiger partial charge in [0, 0.05) is 42.8 Å². The molecule has 1 saturated heterocycles. The van der Waals surface area contributed by atoms with E-state index in [1.165, 1.54) is 0 Å². The number of thioether (sulfide) groups is 1. The lowest BCUT2D eigenvalue weighted by Gasteiger charge is -2.32. The van der Waals surface area contributed by atoms with E-state index < -0.39 is 0 Å². The van der Waals surface area contributed by atoms with E-state index in [9.17, 15) is 9.59 Å². The van der Waals surface area contributed by atoms with Crippen LogP contribution in [-0.4, -0.2) is 56.6 Å². The Bertz CT molecular complexity index is 1190. The summed E-state index contributed by atoms with van der Waals surface area (Å²) in [6, 6.07) is 11.9. The predicted octanol–water partition coefficient (Wildman–Crippen LogP) is 2.26. The molecular weight excluding hydrogens is 422 g/mol. The van der Waals surface area contributed by atoms with E-state index in [-0.39, 0.29) is 11.3 Å². The fraction of sp³-hybridized carbons (Fsp3) is 0.417. The maximum Gasteiger partial charge on any atom is 0.251 e. The van der Waals surface area contributed by atoms with Crippen molar-refractivity contribution in [2.75, 3.05) is 25.4 Å². The number of nitrogens with zero attached hydrogens (tertiary/aromatic N) is 4. The first-order valence-electron chi connectivity index (χ1n) is 11.2. The molecule has 0 atom stereocenters. The van der Waals surface area contributed by atoms with Crippen molar-refractivity contribution in [3.05, 3.63) is 64.3 Å². The number of rotatable bonds is 6. The molecule has 8 heteroatoms. The number of piperidine rings is 1. The summed E-state index contributed by atoms with van der Waals surface area (Å²) in [5.41, 5.74) is 3.72. The number of fused-ring (bicyclic) bond motifs is 2. The largest absolute Gasteiger partial charge is 0.308 e. The quantitative estimate of drug-likeness (QED) is 0.618. The molecule has 32 heavy (non-hydrogen) atoms. The topological polar surface area (TPSA) is 80.1 Å². The van der Waals surface area contributed by atoms with Crippen LogP contribution in [-0.2, 0) is 24.3 Å². The molecule has 0 aromatic carbocycles. The van der Waals surface area contributed by atoms with Crippen LogP contribution in [0.5, 0.6) is 0 Å². The average Bonchev–Trinajstić information content (AvgIpc) is 2.82. The number of pyridine rings is 3. The van der Waals surface area contributed by atoms with Crippen molar-refractivity contribution >= 4 is 28.6 Å². The van der Waals surface area contributed by atoms with Crippen LogP contribution in [0.1, 0.15) is 24.2 Å². The Hall–Kier alpha value is -2.55. The molecule has 3 aromatic rings. The van der Waals surface area contributed by atoms with Crippen LogP contribution in [0.2, 0.25) is 0 Å². The van der Waals surface area contributed by atoms with E-state index in [0.29, 0.717) is 24.8 Å². The van der Waals surface area contributed by atoms with Crippen LogP contribution in [0.3, 0.4) is 0 Å². The Balaban J connectivity index is 1.12. The summed E-state index contributed by atoms with van der Waals surface area (Å²) in [7, 11) is 0. The lowest BCUT2D eigenvalue weighted by molar-refractivity contribution is -0.116. The van der Waals surface area contributed by atoms with E-state index in [2.05, 4.69) is 27.3 Å². The van der Waals surface area contributed by atoms with Gasteiger partial charge in [0.2, 0.25) is 0 Å². The molecule has 5 rings (SSSR count). The Morgan fingerprint density at radius 3 is 2.81 bits per heavy atom. The van der Waals surface area contributed by atoms with Gasteiger partial charge in [-0.2, -0.15) is 0 Å². The third-order valence-corrected chi connectivity index (χ3v) is 7.45. The molecule has 1 fully saturated rings. The van der Waals surface area contributed by atoms with Gasteiger partial charge >= 0.3 is 0 Å². The lowest BCUT2D eigenvalue weighted by atomic mass is 10.0. The van der Waals surface area contributed by atoms with E-state index in [4.69, 9.17) is 4.98 Å². The second kappa shape index (κ2) is 9.52. The average molecular weight is 450 g/mol. The third kappa shape index (κ3) is 4.77. The maximum atomic E-state index is 12.4. The molecule has 2 aliphatic rings. The molecule has 0 aliphatic carbocycles. The summed E-state index contributed by atoms with van der Waals surface area (Å²) in [4.78, 5) is 36.7. The van der Waals surface area contributed by atoms with Crippen LogP contribution in [0.15, 0.2) is 52.3 Å². The van der Waals surface area contributed by atoms with E-state index in [1.54, 1.807) is 30.1 Å². The van der Waals surface area contributed by atoms with E-state index in [0.717, 1.165) is 66.3 Å². The molecule has 0 spiro atoms. The second-order valence-corrected chi connectivity index (χ2v) is 9.50. The number of aromatic nitrogens is 3. The Kier molecular flexibility index (Phi) is 6.34. The highest BCUT2D eigenvalue weighted by Gasteiger charge is 2.20. The molecule has 166 valence electrons. The number of hydrogen-bond donors (Lipinski definition) is 1. The first-order valence-corrected chi connectivity index (χ1v) is 12.2. The van der Waals surface area contributed by atoms with Crippen molar-refractivity contribution in [1.82, 2.24) is 24.8 Å². The standard InChI is InChI=1S/C24H27N5O2S/c30-19-14-21-23(32-16-19)5-3-18(27-21)15-26-17-7-10-28(11-8-17)12-13-29-22-2-1-9-25-20(22)4-6-24(29)31/h1-6,9,17,26H,7-8,10-16H2. The van der Waals surface area contributed by atoms with Crippen molar-refractivity contribution < 1.29 is 4.79 Å². The maximum absolute atomic E-state index is 12.4. The molecule has 2 aliphatic heterocycles. The van der Waals surface area contributed by atoms with Crippen LogP contribution < -0.4 is 10.9 Å². The summed E-state index contributed by atoms with van der Waals surface area (Å²) in [5.74, 6) is 0.825. The van der Waals surface area contributed by atoms with E-state index >= 15 is 0 Å². The third-order valence-electron chi connectivity index (χ3n) is 6.30. The highest BCUT2D eigenvalue weighted by atomic mass is 32.2. The number of hydrogen-bond acceptors (Lipinski definition) is 7. The van der Waals surface area contributed by atoms with Gasteiger partial charge < -0.3 is 14.8 Å².